The fraction of sp³-hybridized carbons (Fsp3) is 0.167. The molecule has 4 rings (SSSR count). The lowest BCUT2D eigenvalue weighted by Crippen LogP contribution is -2.12. The number of carbonyl (C=O) groups is 1. The van der Waals surface area contributed by atoms with Crippen molar-refractivity contribution in [2.75, 3.05) is 18.5 Å². The van der Waals surface area contributed by atoms with Gasteiger partial charge in [0, 0.05) is 17.3 Å². The molecular formula is C24H21FN2O4. The van der Waals surface area contributed by atoms with Crippen molar-refractivity contribution in [3.05, 3.63) is 72.0 Å². The molecule has 1 N–H and O–H groups in total. The van der Waals surface area contributed by atoms with Crippen LogP contribution in [-0.2, 0) is 0 Å². The van der Waals surface area contributed by atoms with Gasteiger partial charge in [-0.1, -0.05) is 12.1 Å². The number of anilines is 1. The molecule has 0 unspecified atom stereocenters. The van der Waals surface area contributed by atoms with Crippen molar-refractivity contribution in [3.63, 3.8) is 0 Å². The smallest absolute Gasteiger partial charge is 0.255 e. The molecule has 0 saturated carbocycles. The molecule has 1 heterocycles. The lowest BCUT2D eigenvalue weighted by atomic mass is 10.1. The molecular weight excluding hydrogens is 399 g/mol. The molecule has 0 atom stereocenters. The Morgan fingerprint density at radius 2 is 1.71 bits per heavy atom. The summed E-state index contributed by atoms with van der Waals surface area (Å²) in [4.78, 5) is 17.2. The van der Waals surface area contributed by atoms with Crippen molar-refractivity contribution in [2.24, 2.45) is 0 Å². The monoisotopic (exact) mass is 420 g/mol. The number of hydrogen-bond donors (Lipinski definition) is 1. The predicted molar refractivity (Wildman–Crippen MR) is 116 cm³/mol. The first-order valence-electron chi connectivity index (χ1n) is 9.95. The van der Waals surface area contributed by atoms with Gasteiger partial charge in [0.15, 0.2) is 5.58 Å². The number of amides is 1. The summed E-state index contributed by atoms with van der Waals surface area (Å²) in [6.45, 7) is 4.69. The zero-order chi connectivity index (χ0) is 21.8. The summed E-state index contributed by atoms with van der Waals surface area (Å²) < 4.78 is 30.8. The van der Waals surface area contributed by atoms with Crippen LogP contribution in [-0.4, -0.2) is 24.1 Å². The zero-order valence-corrected chi connectivity index (χ0v) is 17.1. The first-order valence-corrected chi connectivity index (χ1v) is 9.95. The fourth-order valence-electron chi connectivity index (χ4n) is 3.16. The molecule has 0 saturated heterocycles. The first-order chi connectivity index (χ1) is 15.1. The van der Waals surface area contributed by atoms with Crippen LogP contribution in [0.4, 0.5) is 10.1 Å². The molecule has 6 nitrogen and oxygen atoms in total. The second-order valence-electron chi connectivity index (χ2n) is 6.69. The third kappa shape index (κ3) is 4.50. The Morgan fingerprint density at radius 3 is 2.39 bits per heavy atom. The van der Waals surface area contributed by atoms with Crippen molar-refractivity contribution in [1.29, 1.82) is 0 Å². The average molecular weight is 420 g/mol. The Hall–Kier alpha value is -3.87. The SMILES string of the molecule is CCOc1cc(OCC)cc(C(=O)Nc2ccc3oc(-c4ccccc4F)nc3c2)c1. The second kappa shape index (κ2) is 8.87. The first kappa shape index (κ1) is 20.4. The molecule has 0 aliphatic rings. The summed E-state index contributed by atoms with van der Waals surface area (Å²) in [5.41, 5.74) is 2.22. The van der Waals surface area contributed by atoms with E-state index in [1.54, 1.807) is 54.6 Å². The summed E-state index contributed by atoms with van der Waals surface area (Å²) in [5.74, 6) is 0.559. The van der Waals surface area contributed by atoms with Crippen molar-refractivity contribution in [1.82, 2.24) is 4.98 Å². The summed E-state index contributed by atoms with van der Waals surface area (Å²) in [6, 6.07) is 16.4. The third-order valence-corrected chi connectivity index (χ3v) is 4.51. The van der Waals surface area contributed by atoms with E-state index in [1.807, 2.05) is 13.8 Å². The van der Waals surface area contributed by atoms with Crippen LogP contribution in [0.3, 0.4) is 0 Å². The van der Waals surface area contributed by atoms with E-state index in [4.69, 9.17) is 13.9 Å². The summed E-state index contributed by atoms with van der Waals surface area (Å²) >= 11 is 0. The molecule has 1 aromatic heterocycles. The number of ether oxygens (including phenoxy) is 2. The van der Waals surface area contributed by atoms with Crippen LogP contribution in [0.25, 0.3) is 22.6 Å². The molecule has 3 aromatic carbocycles. The van der Waals surface area contributed by atoms with Crippen molar-refractivity contribution >= 4 is 22.7 Å². The molecule has 1 amide bonds. The van der Waals surface area contributed by atoms with Crippen LogP contribution >= 0.6 is 0 Å². The highest BCUT2D eigenvalue weighted by atomic mass is 19.1. The molecule has 0 spiro atoms. The molecule has 0 radical (unpaired) electrons. The van der Waals surface area contributed by atoms with E-state index in [0.717, 1.165) is 0 Å². The normalized spacial score (nSPS) is 10.8. The lowest BCUT2D eigenvalue weighted by molar-refractivity contribution is 0.102. The third-order valence-electron chi connectivity index (χ3n) is 4.51. The Kier molecular flexibility index (Phi) is 5.84. The second-order valence-corrected chi connectivity index (χ2v) is 6.69. The maximum absolute atomic E-state index is 14.0. The molecule has 31 heavy (non-hydrogen) atoms. The molecule has 4 aromatic rings. The Morgan fingerprint density at radius 1 is 1.00 bits per heavy atom. The van der Waals surface area contributed by atoms with Crippen molar-refractivity contribution in [2.45, 2.75) is 13.8 Å². The van der Waals surface area contributed by atoms with Crippen LogP contribution in [0, 0.1) is 5.82 Å². The number of aromatic nitrogens is 1. The van der Waals surface area contributed by atoms with Gasteiger partial charge in [-0.15, -0.1) is 0 Å². The minimum Gasteiger partial charge on any atom is -0.494 e. The molecule has 0 aliphatic heterocycles. The topological polar surface area (TPSA) is 73.6 Å². The van der Waals surface area contributed by atoms with Gasteiger partial charge in [0.05, 0.1) is 18.8 Å². The van der Waals surface area contributed by atoms with E-state index in [9.17, 15) is 9.18 Å². The maximum atomic E-state index is 14.0. The van der Waals surface area contributed by atoms with E-state index in [0.29, 0.717) is 47.1 Å². The number of oxazole rings is 1. The lowest BCUT2D eigenvalue weighted by Gasteiger charge is -2.11. The minimum atomic E-state index is -0.415. The molecule has 0 bridgehead atoms. The Labute approximate surface area is 178 Å². The number of nitrogens with one attached hydrogen (secondary N) is 1. The van der Waals surface area contributed by atoms with Crippen molar-refractivity contribution in [3.8, 4) is 23.0 Å². The number of nitrogens with zero attached hydrogens (tertiary/aromatic N) is 1. The molecule has 0 fully saturated rings. The fourth-order valence-corrected chi connectivity index (χ4v) is 3.16. The number of fused-ring (bicyclic) bond motifs is 1. The van der Waals surface area contributed by atoms with E-state index in [2.05, 4.69) is 10.3 Å². The summed E-state index contributed by atoms with van der Waals surface area (Å²) in [6.07, 6.45) is 0. The molecule has 0 aliphatic carbocycles. The average Bonchev–Trinajstić information content (AvgIpc) is 3.17. The van der Waals surface area contributed by atoms with Gasteiger partial charge < -0.3 is 19.2 Å². The predicted octanol–water partition coefficient (Wildman–Crippen LogP) is 5.68. The van der Waals surface area contributed by atoms with Crippen LogP contribution in [0.15, 0.2) is 65.1 Å². The van der Waals surface area contributed by atoms with E-state index >= 15 is 0 Å². The van der Waals surface area contributed by atoms with E-state index in [-0.39, 0.29) is 17.4 Å². The molecule has 7 heteroatoms. The van der Waals surface area contributed by atoms with Crippen LogP contribution in [0.2, 0.25) is 0 Å². The van der Waals surface area contributed by atoms with E-state index in [1.165, 1.54) is 6.07 Å². The van der Waals surface area contributed by atoms with Gasteiger partial charge in [-0.25, -0.2) is 9.37 Å². The molecule has 158 valence electrons. The van der Waals surface area contributed by atoms with Gasteiger partial charge in [-0.3, -0.25) is 4.79 Å². The minimum absolute atomic E-state index is 0.183. The highest BCUT2D eigenvalue weighted by molar-refractivity contribution is 6.05. The number of carbonyl (C=O) groups excluding carboxylic acids is 1. The van der Waals surface area contributed by atoms with Gasteiger partial charge in [-0.05, 0) is 56.3 Å². The summed E-state index contributed by atoms with van der Waals surface area (Å²) in [7, 11) is 0. The standard InChI is InChI=1S/C24H21FN2O4/c1-3-29-17-11-15(12-18(14-17)30-4-2)23(28)26-16-9-10-22-21(13-16)27-24(31-22)19-7-5-6-8-20(19)25/h5-14H,3-4H2,1-2H3,(H,26,28). The zero-order valence-electron chi connectivity index (χ0n) is 17.1. The Bertz CT molecular complexity index is 1210. The van der Waals surface area contributed by atoms with Crippen LogP contribution in [0.1, 0.15) is 24.2 Å². The van der Waals surface area contributed by atoms with Crippen molar-refractivity contribution < 1.29 is 23.1 Å². The number of halogens is 1. The number of benzene rings is 3. The maximum Gasteiger partial charge on any atom is 0.255 e. The van der Waals surface area contributed by atoms with Gasteiger partial charge in [0.25, 0.3) is 5.91 Å². The van der Waals surface area contributed by atoms with Crippen LogP contribution in [0.5, 0.6) is 11.5 Å². The highest BCUT2D eigenvalue weighted by Crippen LogP contribution is 2.28. The highest BCUT2D eigenvalue weighted by Gasteiger charge is 2.14. The summed E-state index contributed by atoms with van der Waals surface area (Å²) in [5, 5.41) is 2.84. The number of rotatable bonds is 7. The largest absolute Gasteiger partial charge is 0.494 e. The van der Waals surface area contributed by atoms with Gasteiger partial charge >= 0.3 is 0 Å². The van der Waals surface area contributed by atoms with Gasteiger partial charge in [0.2, 0.25) is 5.89 Å². The van der Waals surface area contributed by atoms with Crippen LogP contribution < -0.4 is 14.8 Å². The quantitative estimate of drug-likeness (QED) is 0.416. The number of hydrogen-bond acceptors (Lipinski definition) is 5. The Balaban J connectivity index is 1.60. The van der Waals surface area contributed by atoms with Gasteiger partial charge in [0.1, 0.15) is 22.8 Å². The van der Waals surface area contributed by atoms with E-state index < -0.39 is 5.82 Å². The van der Waals surface area contributed by atoms with Gasteiger partial charge in [-0.2, -0.15) is 0 Å².